The van der Waals surface area contributed by atoms with E-state index >= 15 is 0 Å². The Kier molecular flexibility index (Phi) is 3.99. The number of hydrogen-bond acceptors (Lipinski definition) is 3. The lowest BCUT2D eigenvalue weighted by Crippen LogP contribution is -2.51. The van der Waals surface area contributed by atoms with E-state index in [0.717, 1.165) is 5.56 Å². The molecule has 1 N–H and O–H groups in total. The third-order valence-electron chi connectivity index (χ3n) is 3.09. The smallest absolute Gasteiger partial charge is 0.246 e. The molecule has 5 heteroatoms. The third-order valence-corrected chi connectivity index (χ3v) is 3.33. The topological polar surface area (TPSA) is 49.4 Å². The van der Waals surface area contributed by atoms with Crippen LogP contribution in [0.25, 0.3) is 0 Å². The Labute approximate surface area is 111 Å². The normalized spacial score (nSPS) is 20.3. The average molecular weight is 267 g/mol. The summed E-state index contributed by atoms with van der Waals surface area (Å²) in [6.45, 7) is 0.568. The summed E-state index contributed by atoms with van der Waals surface area (Å²) in [6.07, 6.45) is 0.970. The van der Waals surface area contributed by atoms with E-state index in [1.54, 1.807) is 0 Å². The van der Waals surface area contributed by atoms with E-state index in [2.05, 4.69) is 5.32 Å². The molecule has 1 aliphatic rings. The molecule has 1 aliphatic heterocycles. The second-order valence-corrected chi connectivity index (χ2v) is 4.83. The molecular weight excluding hydrogens is 252 g/mol. The summed E-state index contributed by atoms with van der Waals surface area (Å²) in [5, 5.41) is 3.84. The van der Waals surface area contributed by atoms with Crippen molar-refractivity contribution >= 4 is 23.4 Å². The molecule has 18 heavy (non-hydrogen) atoms. The van der Waals surface area contributed by atoms with E-state index in [1.165, 1.54) is 11.9 Å². The SMILES string of the molecule is CN1C(=O)CCC(NCc2cccc(Cl)c2)C1=O. The number of piperidine rings is 1. The van der Waals surface area contributed by atoms with Gasteiger partial charge >= 0.3 is 0 Å². The van der Waals surface area contributed by atoms with Gasteiger partial charge in [0.15, 0.2) is 0 Å². The number of nitrogens with one attached hydrogen (secondary N) is 1. The molecule has 0 spiro atoms. The van der Waals surface area contributed by atoms with Crippen molar-refractivity contribution in [2.75, 3.05) is 7.05 Å². The second-order valence-electron chi connectivity index (χ2n) is 4.39. The number of benzene rings is 1. The van der Waals surface area contributed by atoms with Crippen molar-refractivity contribution in [3.05, 3.63) is 34.9 Å². The van der Waals surface area contributed by atoms with Gasteiger partial charge in [-0.25, -0.2) is 0 Å². The van der Waals surface area contributed by atoms with Crippen LogP contribution in [-0.2, 0) is 16.1 Å². The average Bonchev–Trinajstić information content (AvgIpc) is 2.35. The minimum absolute atomic E-state index is 0.110. The van der Waals surface area contributed by atoms with Crippen LogP contribution < -0.4 is 5.32 Å². The first-order valence-electron chi connectivity index (χ1n) is 5.86. The molecule has 0 saturated carbocycles. The van der Waals surface area contributed by atoms with Crippen molar-refractivity contribution in [1.82, 2.24) is 10.2 Å². The van der Waals surface area contributed by atoms with Gasteiger partial charge in [-0.15, -0.1) is 0 Å². The third kappa shape index (κ3) is 2.89. The first-order chi connectivity index (χ1) is 8.58. The highest BCUT2D eigenvalue weighted by atomic mass is 35.5. The molecule has 1 heterocycles. The van der Waals surface area contributed by atoms with E-state index in [4.69, 9.17) is 11.6 Å². The molecular formula is C13H15ClN2O2. The van der Waals surface area contributed by atoms with Crippen molar-refractivity contribution in [2.24, 2.45) is 0 Å². The monoisotopic (exact) mass is 266 g/mol. The van der Waals surface area contributed by atoms with E-state index in [9.17, 15) is 9.59 Å². The Hall–Kier alpha value is -1.39. The molecule has 2 rings (SSSR count). The predicted octanol–water partition coefficient (Wildman–Crippen LogP) is 1.58. The van der Waals surface area contributed by atoms with E-state index in [-0.39, 0.29) is 17.9 Å². The van der Waals surface area contributed by atoms with Gasteiger partial charge in [-0.1, -0.05) is 23.7 Å². The number of imide groups is 1. The lowest BCUT2D eigenvalue weighted by atomic mass is 10.0. The van der Waals surface area contributed by atoms with Gasteiger partial charge in [0, 0.05) is 25.0 Å². The van der Waals surface area contributed by atoms with Crippen LogP contribution in [0.4, 0.5) is 0 Å². The first-order valence-corrected chi connectivity index (χ1v) is 6.24. The molecule has 1 aromatic rings. The Morgan fingerprint density at radius 3 is 2.94 bits per heavy atom. The quantitative estimate of drug-likeness (QED) is 0.845. The summed E-state index contributed by atoms with van der Waals surface area (Å²) in [5.41, 5.74) is 1.02. The van der Waals surface area contributed by atoms with Crippen LogP contribution >= 0.6 is 11.6 Å². The van der Waals surface area contributed by atoms with Crippen LogP contribution in [0, 0.1) is 0 Å². The fraction of sp³-hybridized carbons (Fsp3) is 0.385. The molecule has 1 fully saturated rings. The minimum Gasteiger partial charge on any atom is -0.302 e. The fourth-order valence-electron chi connectivity index (χ4n) is 1.99. The molecule has 1 unspecified atom stereocenters. The van der Waals surface area contributed by atoms with Gasteiger partial charge in [-0.3, -0.25) is 14.5 Å². The van der Waals surface area contributed by atoms with Crippen LogP contribution in [0.3, 0.4) is 0 Å². The Balaban J connectivity index is 1.94. The number of likely N-dealkylation sites (N-methyl/N-ethyl adjacent to an activating group) is 1. The van der Waals surface area contributed by atoms with Gasteiger partial charge in [0.1, 0.15) is 0 Å². The summed E-state index contributed by atoms with van der Waals surface area (Å²) in [4.78, 5) is 24.4. The van der Waals surface area contributed by atoms with Crippen molar-refractivity contribution in [3.63, 3.8) is 0 Å². The molecule has 0 radical (unpaired) electrons. The lowest BCUT2D eigenvalue weighted by molar-refractivity contribution is -0.148. The molecule has 1 atom stereocenters. The summed E-state index contributed by atoms with van der Waals surface area (Å²) < 4.78 is 0. The largest absolute Gasteiger partial charge is 0.302 e. The number of carbonyl (C=O) groups is 2. The number of hydrogen-bond donors (Lipinski definition) is 1. The highest BCUT2D eigenvalue weighted by Gasteiger charge is 2.31. The van der Waals surface area contributed by atoms with E-state index < -0.39 is 0 Å². The van der Waals surface area contributed by atoms with Gasteiger partial charge < -0.3 is 5.32 Å². The second kappa shape index (κ2) is 5.50. The highest BCUT2D eigenvalue weighted by molar-refractivity contribution is 6.30. The molecule has 0 aromatic heterocycles. The maximum absolute atomic E-state index is 11.8. The Morgan fingerprint density at radius 2 is 2.22 bits per heavy atom. The van der Waals surface area contributed by atoms with Gasteiger partial charge in [-0.05, 0) is 24.1 Å². The van der Waals surface area contributed by atoms with E-state index in [1.807, 2.05) is 24.3 Å². The summed E-state index contributed by atoms with van der Waals surface area (Å²) in [6, 6.07) is 7.20. The van der Waals surface area contributed by atoms with Crippen molar-refractivity contribution in [1.29, 1.82) is 0 Å². The highest BCUT2D eigenvalue weighted by Crippen LogP contribution is 2.14. The molecule has 1 saturated heterocycles. The maximum Gasteiger partial charge on any atom is 0.246 e. The van der Waals surface area contributed by atoms with Crippen LogP contribution in [0.15, 0.2) is 24.3 Å². The van der Waals surface area contributed by atoms with Crippen LogP contribution in [-0.4, -0.2) is 29.8 Å². The van der Waals surface area contributed by atoms with E-state index in [0.29, 0.717) is 24.4 Å². The minimum atomic E-state index is -0.285. The number of halogens is 1. The zero-order valence-electron chi connectivity index (χ0n) is 10.1. The lowest BCUT2D eigenvalue weighted by Gasteiger charge is -2.28. The van der Waals surface area contributed by atoms with Gasteiger partial charge in [0.25, 0.3) is 0 Å². The van der Waals surface area contributed by atoms with Crippen molar-refractivity contribution in [3.8, 4) is 0 Å². The number of nitrogens with zero attached hydrogens (tertiary/aromatic N) is 1. The standard InChI is InChI=1S/C13H15ClN2O2/c1-16-12(17)6-5-11(13(16)18)15-8-9-3-2-4-10(14)7-9/h2-4,7,11,15H,5-6,8H2,1H3. The van der Waals surface area contributed by atoms with Gasteiger partial charge in [0.05, 0.1) is 6.04 Å². The molecule has 96 valence electrons. The summed E-state index contributed by atoms with van der Waals surface area (Å²) in [5.74, 6) is -0.269. The van der Waals surface area contributed by atoms with Crippen molar-refractivity contribution in [2.45, 2.75) is 25.4 Å². The molecule has 2 amide bonds. The van der Waals surface area contributed by atoms with Gasteiger partial charge in [0.2, 0.25) is 11.8 Å². The fourth-order valence-corrected chi connectivity index (χ4v) is 2.21. The Bertz CT molecular complexity index is 476. The van der Waals surface area contributed by atoms with Crippen LogP contribution in [0.1, 0.15) is 18.4 Å². The molecule has 1 aromatic carbocycles. The maximum atomic E-state index is 11.8. The van der Waals surface area contributed by atoms with Gasteiger partial charge in [-0.2, -0.15) is 0 Å². The first kappa shape index (κ1) is 13.1. The molecule has 0 aliphatic carbocycles. The molecule has 4 nitrogen and oxygen atoms in total. The zero-order valence-corrected chi connectivity index (χ0v) is 10.9. The number of likely N-dealkylation sites (tertiary alicyclic amines) is 1. The Morgan fingerprint density at radius 1 is 1.44 bits per heavy atom. The van der Waals surface area contributed by atoms with Crippen molar-refractivity contribution < 1.29 is 9.59 Å². The molecule has 0 bridgehead atoms. The predicted molar refractivity (Wildman–Crippen MR) is 69.1 cm³/mol. The van der Waals surface area contributed by atoms with Crippen LogP contribution in [0.2, 0.25) is 5.02 Å². The summed E-state index contributed by atoms with van der Waals surface area (Å²) in [7, 11) is 1.53. The van der Waals surface area contributed by atoms with Crippen LogP contribution in [0.5, 0.6) is 0 Å². The zero-order chi connectivity index (χ0) is 13.1. The number of rotatable bonds is 3. The number of carbonyl (C=O) groups excluding carboxylic acids is 2. The summed E-state index contributed by atoms with van der Waals surface area (Å²) >= 11 is 5.89. The number of amides is 2.